The fourth-order valence-corrected chi connectivity index (χ4v) is 2.58. The van der Waals surface area contributed by atoms with Gasteiger partial charge in [0.2, 0.25) is 5.91 Å². The van der Waals surface area contributed by atoms with Crippen LogP contribution >= 0.6 is 0 Å². The van der Waals surface area contributed by atoms with Gasteiger partial charge in [0.05, 0.1) is 12.0 Å². The number of carboxylic acids is 1. The lowest BCUT2D eigenvalue weighted by Gasteiger charge is -2.26. The second kappa shape index (κ2) is 5.21. The lowest BCUT2D eigenvalue weighted by atomic mass is 9.94. The second-order valence-corrected chi connectivity index (χ2v) is 4.59. The number of likely N-dealkylation sites (tertiary alicyclic amines) is 1. The van der Waals surface area contributed by atoms with Gasteiger partial charge in [0.25, 0.3) is 0 Å². The summed E-state index contributed by atoms with van der Waals surface area (Å²) < 4.78 is 0. The Morgan fingerprint density at radius 3 is 2.61 bits per heavy atom. The lowest BCUT2D eigenvalue weighted by Crippen LogP contribution is -2.31. The van der Waals surface area contributed by atoms with Crippen LogP contribution in [0.15, 0.2) is 30.3 Å². The van der Waals surface area contributed by atoms with Crippen molar-refractivity contribution < 1.29 is 14.7 Å². The fourth-order valence-electron chi connectivity index (χ4n) is 2.58. The largest absolute Gasteiger partial charge is 0.481 e. The summed E-state index contributed by atoms with van der Waals surface area (Å²) >= 11 is 0. The van der Waals surface area contributed by atoms with Crippen molar-refractivity contribution in [3.05, 3.63) is 35.9 Å². The van der Waals surface area contributed by atoms with Crippen LogP contribution in [0, 0.1) is 5.92 Å². The first-order valence-corrected chi connectivity index (χ1v) is 6.22. The first kappa shape index (κ1) is 12.6. The molecule has 0 aromatic heterocycles. The van der Waals surface area contributed by atoms with Crippen LogP contribution in [0.1, 0.15) is 31.4 Å². The zero-order chi connectivity index (χ0) is 13.1. The van der Waals surface area contributed by atoms with Crippen molar-refractivity contribution in [3.63, 3.8) is 0 Å². The molecule has 1 fully saturated rings. The van der Waals surface area contributed by atoms with Gasteiger partial charge in [-0.1, -0.05) is 37.3 Å². The summed E-state index contributed by atoms with van der Waals surface area (Å²) in [4.78, 5) is 24.9. The number of nitrogens with zero attached hydrogens (tertiary/aromatic N) is 1. The van der Waals surface area contributed by atoms with Crippen LogP contribution in [0.3, 0.4) is 0 Å². The summed E-state index contributed by atoms with van der Waals surface area (Å²) in [6.45, 7) is 2.60. The summed E-state index contributed by atoms with van der Waals surface area (Å²) in [5, 5.41) is 9.27. The van der Waals surface area contributed by atoms with Gasteiger partial charge in [-0.2, -0.15) is 0 Å². The second-order valence-electron chi connectivity index (χ2n) is 4.59. The molecule has 0 aliphatic carbocycles. The van der Waals surface area contributed by atoms with Crippen LogP contribution in [0.25, 0.3) is 0 Å². The molecular weight excluding hydrogens is 230 g/mol. The Morgan fingerprint density at radius 1 is 1.39 bits per heavy atom. The normalized spacial score (nSPS) is 23.4. The molecular formula is C14H17NO3. The summed E-state index contributed by atoms with van der Waals surface area (Å²) in [7, 11) is 0. The molecule has 4 heteroatoms. The Labute approximate surface area is 106 Å². The van der Waals surface area contributed by atoms with E-state index < -0.39 is 11.9 Å². The molecule has 0 radical (unpaired) electrons. The van der Waals surface area contributed by atoms with Gasteiger partial charge in [-0.05, 0) is 12.0 Å². The zero-order valence-corrected chi connectivity index (χ0v) is 10.4. The molecule has 4 nitrogen and oxygen atoms in total. The number of benzene rings is 1. The van der Waals surface area contributed by atoms with Crippen molar-refractivity contribution in [1.82, 2.24) is 4.90 Å². The summed E-state index contributed by atoms with van der Waals surface area (Å²) in [6, 6.07) is 9.10. The Balaban J connectivity index is 2.36. The fraction of sp³-hybridized carbons (Fsp3) is 0.429. The van der Waals surface area contributed by atoms with Gasteiger partial charge in [-0.25, -0.2) is 0 Å². The van der Waals surface area contributed by atoms with Gasteiger partial charge in [0.1, 0.15) is 0 Å². The molecule has 1 N–H and O–H groups in total. The summed E-state index contributed by atoms with van der Waals surface area (Å²) in [6.07, 6.45) is 0.941. The molecule has 1 aliphatic rings. The van der Waals surface area contributed by atoms with E-state index in [0.717, 1.165) is 12.0 Å². The third-order valence-electron chi connectivity index (χ3n) is 3.35. The van der Waals surface area contributed by atoms with Crippen LogP contribution in [0.4, 0.5) is 0 Å². The summed E-state index contributed by atoms with van der Waals surface area (Å²) in [5.41, 5.74) is 0.907. The number of carbonyl (C=O) groups excluding carboxylic acids is 1. The Hall–Kier alpha value is -1.84. The predicted molar refractivity (Wildman–Crippen MR) is 66.9 cm³/mol. The molecule has 1 saturated heterocycles. The van der Waals surface area contributed by atoms with Crippen molar-refractivity contribution in [2.45, 2.75) is 25.8 Å². The highest BCUT2D eigenvalue weighted by Crippen LogP contribution is 2.38. The van der Waals surface area contributed by atoms with E-state index in [1.807, 2.05) is 37.3 Å². The molecule has 2 atom stereocenters. The van der Waals surface area contributed by atoms with E-state index in [0.29, 0.717) is 6.54 Å². The molecule has 1 aromatic carbocycles. The van der Waals surface area contributed by atoms with E-state index in [1.54, 1.807) is 4.90 Å². The number of hydrogen-bond acceptors (Lipinski definition) is 2. The molecule has 1 heterocycles. The number of amides is 1. The van der Waals surface area contributed by atoms with E-state index in [4.69, 9.17) is 0 Å². The van der Waals surface area contributed by atoms with Crippen molar-refractivity contribution in [2.75, 3.05) is 6.54 Å². The SMILES string of the molecule is CCCN1C(=O)C[C@@H](C(=O)O)[C@H]1c1ccccc1. The number of aliphatic carboxylic acids is 1. The van der Waals surface area contributed by atoms with Crippen LogP contribution in [-0.4, -0.2) is 28.4 Å². The van der Waals surface area contributed by atoms with E-state index in [1.165, 1.54) is 0 Å². The average Bonchev–Trinajstić information content (AvgIpc) is 2.69. The summed E-state index contributed by atoms with van der Waals surface area (Å²) in [5.74, 6) is -1.58. The van der Waals surface area contributed by atoms with Crippen molar-refractivity contribution in [1.29, 1.82) is 0 Å². The van der Waals surface area contributed by atoms with Crippen LogP contribution in [-0.2, 0) is 9.59 Å². The first-order valence-electron chi connectivity index (χ1n) is 6.22. The molecule has 96 valence electrons. The molecule has 0 spiro atoms. The van der Waals surface area contributed by atoms with Gasteiger partial charge in [0, 0.05) is 13.0 Å². The lowest BCUT2D eigenvalue weighted by molar-refractivity contribution is -0.142. The third-order valence-corrected chi connectivity index (χ3v) is 3.35. The minimum absolute atomic E-state index is 0.0573. The Morgan fingerprint density at radius 2 is 2.06 bits per heavy atom. The van der Waals surface area contributed by atoms with Crippen molar-refractivity contribution in [3.8, 4) is 0 Å². The standard InChI is InChI=1S/C14H17NO3/c1-2-8-15-12(16)9-11(14(17)18)13(15)10-6-4-3-5-7-10/h3-7,11,13H,2,8-9H2,1H3,(H,17,18)/t11-,13-/m1/s1. The van der Waals surface area contributed by atoms with E-state index in [2.05, 4.69) is 0 Å². The molecule has 1 aliphatic heterocycles. The smallest absolute Gasteiger partial charge is 0.309 e. The predicted octanol–water partition coefficient (Wildman–Crippen LogP) is 2.07. The molecule has 1 aromatic rings. The molecule has 1 amide bonds. The molecule has 0 unspecified atom stereocenters. The maximum atomic E-state index is 11.9. The van der Waals surface area contributed by atoms with Gasteiger partial charge in [-0.3, -0.25) is 9.59 Å². The van der Waals surface area contributed by atoms with Crippen molar-refractivity contribution in [2.24, 2.45) is 5.92 Å². The third kappa shape index (κ3) is 2.23. The monoisotopic (exact) mass is 247 g/mol. The highest BCUT2D eigenvalue weighted by atomic mass is 16.4. The van der Waals surface area contributed by atoms with Crippen LogP contribution < -0.4 is 0 Å². The maximum absolute atomic E-state index is 11.9. The number of carboxylic acid groups (broad SMARTS) is 1. The number of carbonyl (C=O) groups is 2. The van der Waals surface area contributed by atoms with Gasteiger partial charge in [0.15, 0.2) is 0 Å². The van der Waals surface area contributed by atoms with Crippen LogP contribution in [0.2, 0.25) is 0 Å². The topological polar surface area (TPSA) is 57.6 Å². The van der Waals surface area contributed by atoms with Gasteiger partial charge < -0.3 is 10.0 Å². The average molecular weight is 247 g/mol. The molecule has 18 heavy (non-hydrogen) atoms. The van der Waals surface area contributed by atoms with E-state index >= 15 is 0 Å². The molecule has 2 rings (SSSR count). The molecule has 0 bridgehead atoms. The van der Waals surface area contributed by atoms with E-state index in [9.17, 15) is 14.7 Å². The Kier molecular flexibility index (Phi) is 3.65. The van der Waals surface area contributed by atoms with Crippen LogP contribution in [0.5, 0.6) is 0 Å². The Bertz CT molecular complexity index is 444. The molecule has 0 saturated carbocycles. The van der Waals surface area contributed by atoms with Crippen molar-refractivity contribution >= 4 is 11.9 Å². The van der Waals surface area contributed by atoms with Gasteiger partial charge >= 0.3 is 5.97 Å². The van der Waals surface area contributed by atoms with Gasteiger partial charge in [-0.15, -0.1) is 0 Å². The first-order chi connectivity index (χ1) is 8.65. The minimum atomic E-state index is -0.893. The van der Waals surface area contributed by atoms with E-state index in [-0.39, 0.29) is 18.4 Å². The minimum Gasteiger partial charge on any atom is -0.481 e. The number of hydrogen-bond donors (Lipinski definition) is 1. The zero-order valence-electron chi connectivity index (χ0n) is 10.4. The maximum Gasteiger partial charge on any atom is 0.309 e. The highest BCUT2D eigenvalue weighted by molar-refractivity contribution is 5.87. The number of rotatable bonds is 4. The highest BCUT2D eigenvalue weighted by Gasteiger charge is 2.43. The quantitative estimate of drug-likeness (QED) is 0.886.